The molecule has 28 heavy (non-hydrogen) atoms. The van der Waals surface area contributed by atoms with Gasteiger partial charge in [-0.05, 0) is 45.1 Å². The third-order valence-electron chi connectivity index (χ3n) is 6.87. The Balaban J connectivity index is 1.53. The van der Waals surface area contributed by atoms with Crippen molar-refractivity contribution in [2.24, 2.45) is 5.92 Å². The quantitative estimate of drug-likeness (QED) is 0.840. The van der Waals surface area contributed by atoms with E-state index < -0.39 is 0 Å². The maximum absolute atomic E-state index is 13.1. The van der Waals surface area contributed by atoms with Crippen LogP contribution in [-0.4, -0.2) is 52.9 Å². The Labute approximate surface area is 169 Å². The average Bonchev–Trinajstić information content (AvgIpc) is 3.24. The predicted octanol–water partition coefficient (Wildman–Crippen LogP) is 3.53. The summed E-state index contributed by atoms with van der Waals surface area (Å²) in [7, 11) is 4.08. The lowest BCUT2D eigenvalue weighted by molar-refractivity contribution is -0.135. The van der Waals surface area contributed by atoms with Crippen LogP contribution >= 0.6 is 0 Å². The van der Waals surface area contributed by atoms with Gasteiger partial charge >= 0.3 is 0 Å². The van der Waals surface area contributed by atoms with Crippen molar-refractivity contribution in [3.05, 3.63) is 17.1 Å². The predicted molar refractivity (Wildman–Crippen MR) is 111 cm³/mol. The van der Waals surface area contributed by atoms with Gasteiger partial charge in [0.2, 0.25) is 5.91 Å². The highest BCUT2D eigenvalue weighted by Gasteiger charge is 2.32. The van der Waals surface area contributed by atoms with Crippen molar-refractivity contribution < 1.29 is 4.79 Å². The van der Waals surface area contributed by atoms with Gasteiger partial charge in [0.1, 0.15) is 5.82 Å². The molecule has 1 saturated heterocycles. The van der Waals surface area contributed by atoms with Gasteiger partial charge in [-0.2, -0.15) is 0 Å². The number of rotatable bonds is 5. The molecule has 1 atom stereocenters. The first-order valence-electron chi connectivity index (χ1n) is 11.2. The molecule has 1 aliphatic carbocycles. The lowest BCUT2D eigenvalue weighted by Gasteiger charge is -2.36. The Morgan fingerprint density at radius 2 is 1.89 bits per heavy atom. The monoisotopic (exact) mass is 385 g/mol. The lowest BCUT2D eigenvalue weighted by Crippen LogP contribution is -2.40. The molecule has 0 bridgehead atoms. The normalized spacial score (nSPS) is 23.6. The number of aromatic nitrogens is 2. The number of piperidine rings is 1. The standard InChI is InChI=1S/C22H35N5O/c1-23-21-17-12-14-26(2)15-18(17)24-22(25-21)19-9-5-6-13-27(19)20(28)11-10-16-7-3-4-8-16/h16,19H,3-15H2,1-2H3,(H,23,24,25). The van der Waals surface area contributed by atoms with Crippen molar-refractivity contribution in [1.82, 2.24) is 19.8 Å². The third kappa shape index (κ3) is 4.17. The summed E-state index contributed by atoms with van der Waals surface area (Å²) in [5, 5.41) is 3.28. The van der Waals surface area contributed by atoms with Crippen LogP contribution in [0.5, 0.6) is 0 Å². The molecular weight excluding hydrogens is 350 g/mol. The van der Waals surface area contributed by atoms with Crippen LogP contribution in [0, 0.1) is 5.92 Å². The van der Waals surface area contributed by atoms with Crippen molar-refractivity contribution in [2.75, 3.05) is 32.5 Å². The van der Waals surface area contributed by atoms with E-state index in [9.17, 15) is 4.79 Å². The molecule has 2 aliphatic heterocycles. The number of hydrogen-bond donors (Lipinski definition) is 1. The summed E-state index contributed by atoms with van der Waals surface area (Å²) in [6.45, 7) is 2.75. The zero-order valence-electron chi connectivity index (χ0n) is 17.5. The molecule has 0 radical (unpaired) electrons. The van der Waals surface area contributed by atoms with E-state index in [1.54, 1.807) is 0 Å². The molecule has 3 aliphatic rings. The van der Waals surface area contributed by atoms with E-state index in [1.807, 2.05) is 7.05 Å². The van der Waals surface area contributed by atoms with Crippen LogP contribution in [0.4, 0.5) is 5.82 Å². The smallest absolute Gasteiger partial charge is 0.223 e. The Morgan fingerprint density at radius 1 is 1.11 bits per heavy atom. The van der Waals surface area contributed by atoms with E-state index in [4.69, 9.17) is 9.97 Å². The molecule has 6 nitrogen and oxygen atoms in total. The average molecular weight is 386 g/mol. The number of likely N-dealkylation sites (N-methyl/N-ethyl adjacent to an activating group) is 1. The van der Waals surface area contributed by atoms with Crippen molar-refractivity contribution in [3.8, 4) is 0 Å². The summed E-state index contributed by atoms with van der Waals surface area (Å²) < 4.78 is 0. The van der Waals surface area contributed by atoms with Crippen molar-refractivity contribution in [1.29, 1.82) is 0 Å². The lowest BCUT2D eigenvalue weighted by atomic mass is 9.97. The minimum absolute atomic E-state index is 0.0365. The molecule has 2 fully saturated rings. The second-order valence-corrected chi connectivity index (χ2v) is 8.88. The summed E-state index contributed by atoms with van der Waals surface area (Å²) in [5.74, 6) is 2.86. The van der Waals surface area contributed by atoms with Gasteiger partial charge in [0.25, 0.3) is 0 Å². The first-order valence-corrected chi connectivity index (χ1v) is 11.2. The zero-order valence-corrected chi connectivity index (χ0v) is 17.5. The number of likely N-dealkylation sites (tertiary alicyclic amines) is 1. The van der Waals surface area contributed by atoms with Gasteiger partial charge in [-0.25, -0.2) is 9.97 Å². The molecule has 1 N–H and O–H groups in total. The molecule has 1 aromatic rings. The highest BCUT2D eigenvalue weighted by molar-refractivity contribution is 5.76. The maximum atomic E-state index is 13.1. The van der Waals surface area contributed by atoms with Crippen LogP contribution in [0.3, 0.4) is 0 Å². The zero-order chi connectivity index (χ0) is 19.5. The molecule has 4 rings (SSSR count). The fourth-order valence-electron chi connectivity index (χ4n) is 5.20. The van der Waals surface area contributed by atoms with E-state index in [0.717, 1.165) is 75.0 Å². The second kappa shape index (κ2) is 8.76. The molecule has 1 saturated carbocycles. The minimum Gasteiger partial charge on any atom is -0.373 e. The molecule has 1 aromatic heterocycles. The summed E-state index contributed by atoms with van der Waals surface area (Å²) in [6, 6.07) is 0.0365. The Morgan fingerprint density at radius 3 is 2.68 bits per heavy atom. The van der Waals surface area contributed by atoms with E-state index in [-0.39, 0.29) is 6.04 Å². The largest absolute Gasteiger partial charge is 0.373 e. The van der Waals surface area contributed by atoms with Crippen LogP contribution in [-0.2, 0) is 17.8 Å². The van der Waals surface area contributed by atoms with Crippen LogP contribution in [0.15, 0.2) is 0 Å². The summed E-state index contributed by atoms with van der Waals surface area (Å²) in [4.78, 5) is 27.3. The Hall–Kier alpha value is -1.69. The molecule has 1 amide bonds. The number of anilines is 1. The van der Waals surface area contributed by atoms with E-state index >= 15 is 0 Å². The van der Waals surface area contributed by atoms with Gasteiger partial charge in [-0.1, -0.05) is 25.7 Å². The third-order valence-corrected chi connectivity index (χ3v) is 6.87. The summed E-state index contributed by atoms with van der Waals surface area (Å²) in [5.41, 5.74) is 2.38. The van der Waals surface area contributed by atoms with E-state index in [1.165, 1.54) is 31.2 Å². The molecular formula is C22H35N5O. The van der Waals surface area contributed by atoms with Crippen LogP contribution in [0.2, 0.25) is 0 Å². The molecule has 0 aromatic carbocycles. The topological polar surface area (TPSA) is 61.4 Å². The Kier molecular flexibility index (Phi) is 6.14. The highest BCUT2D eigenvalue weighted by Crippen LogP contribution is 2.34. The number of hydrogen-bond acceptors (Lipinski definition) is 5. The van der Waals surface area contributed by atoms with Gasteiger partial charge in [0.15, 0.2) is 5.82 Å². The number of carbonyl (C=O) groups excluding carboxylic acids is 1. The van der Waals surface area contributed by atoms with Gasteiger partial charge < -0.3 is 15.1 Å². The van der Waals surface area contributed by atoms with Crippen molar-refractivity contribution in [3.63, 3.8) is 0 Å². The van der Waals surface area contributed by atoms with Crippen LogP contribution in [0.25, 0.3) is 0 Å². The number of carbonyl (C=O) groups is 1. The first kappa shape index (κ1) is 19.6. The van der Waals surface area contributed by atoms with Crippen molar-refractivity contribution in [2.45, 2.75) is 76.8 Å². The maximum Gasteiger partial charge on any atom is 0.223 e. The number of fused-ring (bicyclic) bond motifs is 1. The van der Waals surface area contributed by atoms with Crippen molar-refractivity contribution >= 4 is 11.7 Å². The fourth-order valence-corrected chi connectivity index (χ4v) is 5.20. The van der Waals surface area contributed by atoms with E-state index in [0.29, 0.717) is 12.3 Å². The second-order valence-electron chi connectivity index (χ2n) is 8.88. The van der Waals surface area contributed by atoms with Crippen LogP contribution < -0.4 is 5.32 Å². The Bertz CT molecular complexity index is 700. The molecule has 0 spiro atoms. The fraction of sp³-hybridized carbons (Fsp3) is 0.773. The van der Waals surface area contributed by atoms with Gasteiger partial charge in [0.05, 0.1) is 11.7 Å². The minimum atomic E-state index is 0.0365. The molecule has 1 unspecified atom stereocenters. The summed E-state index contributed by atoms with van der Waals surface area (Å²) >= 11 is 0. The molecule has 6 heteroatoms. The number of nitrogens with zero attached hydrogens (tertiary/aromatic N) is 4. The first-order chi connectivity index (χ1) is 13.7. The van der Waals surface area contributed by atoms with Gasteiger partial charge in [-0.15, -0.1) is 0 Å². The molecule has 3 heterocycles. The number of amides is 1. The van der Waals surface area contributed by atoms with E-state index in [2.05, 4.69) is 22.2 Å². The SMILES string of the molecule is CNc1nc(C2CCCCN2C(=O)CCC2CCCC2)nc2c1CCN(C)C2. The van der Waals surface area contributed by atoms with Gasteiger partial charge in [-0.3, -0.25) is 4.79 Å². The van der Waals surface area contributed by atoms with Crippen LogP contribution in [0.1, 0.15) is 80.9 Å². The number of nitrogens with one attached hydrogen (secondary N) is 1. The van der Waals surface area contributed by atoms with Gasteiger partial charge in [0, 0.05) is 38.7 Å². The highest BCUT2D eigenvalue weighted by atomic mass is 16.2. The summed E-state index contributed by atoms with van der Waals surface area (Å²) in [6.07, 6.45) is 11.3. The molecule has 154 valence electrons.